The quantitative estimate of drug-likeness (QED) is 0.614. The van der Waals surface area contributed by atoms with Crippen LogP contribution in [0.15, 0.2) is 12.3 Å². The molecule has 4 nitrogen and oxygen atoms in total. The van der Waals surface area contributed by atoms with Gasteiger partial charge < -0.3 is 10.1 Å². The first-order chi connectivity index (χ1) is 5.77. The average molecular weight is 164 g/mol. The third-order valence-corrected chi connectivity index (χ3v) is 1.73. The van der Waals surface area contributed by atoms with Crippen molar-refractivity contribution < 1.29 is 9.53 Å². The molecular weight excluding hydrogens is 156 g/mol. The molecule has 2 rings (SSSR count). The van der Waals surface area contributed by atoms with E-state index in [2.05, 4.69) is 10.3 Å². The number of aryl methyl sites for hydroxylation is 1. The van der Waals surface area contributed by atoms with Crippen LogP contribution in [-0.4, -0.2) is 17.5 Å². The van der Waals surface area contributed by atoms with Crippen molar-refractivity contribution in [1.82, 2.24) is 4.98 Å². The molecule has 1 N–H and O–H groups in total. The second-order valence-electron chi connectivity index (χ2n) is 2.64. The summed E-state index contributed by atoms with van der Waals surface area (Å²) < 4.78 is 5.09. The summed E-state index contributed by atoms with van der Waals surface area (Å²) in [5.41, 5.74) is 1.65. The Hall–Kier alpha value is -1.58. The van der Waals surface area contributed by atoms with E-state index < -0.39 is 0 Å². The maximum atomic E-state index is 10.9. The van der Waals surface area contributed by atoms with E-state index in [0.29, 0.717) is 11.6 Å². The number of nitrogens with one attached hydrogen (secondary N) is 1. The molecule has 1 amide bonds. The van der Waals surface area contributed by atoms with Crippen molar-refractivity contribution in [1.29, 1.82) is 0 Å². The van der Waals surface area contributed by atoms with E-state index in [1.54, 1.807) is 6.20 Å². The van der Waals surface area contributed by atoms with Crippen LogP contribution in [0.25, 0.3) is 0 Å². The second-order valence-corrected chi connectivity index (χ2v) is 2.64. The maximum absolute atomic E-state index is 10.9. The SMILES string of the molecule is Cc1ccnc2c1NC(=O)CO2. The lowest BCUT2D eigenvalue weighted by molar-refractivity contribution is -0.118. The normalized spacial score (nSPS) is 14.6. The fraction of sp³-hybridized carbons (Fsp3) is 0.250. The van der Waals surface area contributed by atoms with Gasteiger partial charge in [0.1, 0.15) is 5.69 Å². The Morgan fingerprint density at radius 1 is 1.67 bits per heavy atom. The van der Waals surface area contributed by atoms with Crippen molar-refractivity contribution in [3.8, 4) is 5.88 Å². The molecular formula is C8H8N2O2. The zero-order valence-electron chi connectivity index (χ0n) is 6.63. The molecule has 0 fully saturated rings. The van der Waals surface area contributed by atoms with Gasteiger partial charge in [-0.15, -0.1) is 0 Å². The van der Waals surface area contributed by atoms with Gasteiger partial charge in [0.15, 0.2) is 6.61 Å². The molecule has 0 aromatic carbocycles. The molecule has 62 valence electrons. The van der Waals surface area contributed by atoms with Crippen LogP contribution in [-0.2, 0) is 4.79 Å². The lowest BCUT2D eigenvalue weighted by Crippen LogP contribution is -2.26. The van der Waals surface area contributed by atoms with Crippen LogP contribution in [0.3, 0.4) is 0 Å². The predicted octanol–water partition coefficient (Wildman–Crippen LogP) is 0.721. The minimum atomic E-state index is -0.126. The zero-order chi connectivity index (χ0) is 8.55. The van der Waals surface area contributed by atoms with Crippen LogP contribution in [0.2, 0.25) is 0 Å². The van der Waals surface area contributed by atoms with Crippen molar-refractivity contribution in [2.75, 3.05) is 11.9 Å². The van der Waals surface area contributed by atoms with Crippen LogP contribution in [0.5, 0.6) is 5.88 Å². The largest absolute Gasteiger partial charge is 0.466 e. The van der Waals surface area contributed by atoms with Gasteiger partial charge in [-0.2, -0.15) is 0 Å². The van der Waals surface area contributed by atoms with Gasteiger partial charge in [0.05, 0.1) is 0 Å². The van der Waals surface area contributed by atoms with E-state index in [0.717, 1.165) is 5.56 Å². The van der Waals surface area contributed by atoms with Gasteiger partial charge >= 0.3 is 0 Å². The molecule has 0 bridgehead atoms. The second kappa shape index (κ2) is 2.48. The Balaban J connectivity index is 2.50. The molecule has 1 aliphatic heterocycles. The summed E-state index contributed by atoms with van der Waals surface area (Å²) in [5, 5.41) is 2.70. The van der Waals surface area contributed by atoms with Gasteiger partial charge in [-0.3, -0.25) is 4.79 Å². The van der Waals surface area contributed by atoms with Crippen LogP contribution < -0.4 is 10.1 Å². The number of amides is 1. The highest BCUT2D eigenvalue weighted by Crippen LogP contribution is 2.27. The number of pyridine rings is 1. The molecule has 4 heteroatoms. The van der Waals surface area contributed by atoms with Gasteiger partial charge in [0.2, 0.25) is 5.88 Å². The summed E-state index contributed by atoms with van der Waals surface area (Å²) >= 11 is 0. The summed E-state index contributed by atoms with van der Waals surface area (Å²) in [6.07, 6.45) is 1.66. The molecule has 2 heterocycles. The minimum Gasteiger partial charge on any atom is -0.466 e. The monoisotopic (exact) mass is 164 g/mol. The van der Waals surface area contributed by atoms with E-state index in [9.17, 15) is 4.79 Å². The standard InChI is InChI=1S/C8H8N2O2/c1-5-2-3-9-8-7(5)10-6(11)4-12-8/h2-3H,4H2,1H3,(H,10,11). The fourth-order valence-corrected chi connectivity index (χ4v) is 1.10. The molecule has 0 aliphatic carbocycles. The van der Waals surface area contributed by atoms with Crippen molar-refractivity contribution in [2.45, 2.75) is 6.92 Å². The number of anilines is 1. The number of carbonyl (C=O) groups excluding carboxylic acids is 1. The summed E-state index contributed by atoms with van der Waals surface area (Å²) in [5.74, 6) is 0.383. The van der Waals surface area contributed by atoms with E-state index >= 15 is 0 Å². The number of fused-ring (bicyclic) bond motifs is 1. The van der Waals surface area contributed by atoms with Gasteiger partial charge in [0, 0.05) is 6.20 Å². The van der Waals surface area contributed by atoms with Crippen LogP contribution >= 0.6 is 0 Å². The van der Waals surface area contributed by atoms with E-state index in [-0.39, 0.29) is 12.5 Å². The fourth-order valence-electron chi connectivity index (χ4n) is 1.10. The zero-order valence-corrected chi connectivity index (χ0v) is 6.63. The highest BCUT2D eigenvalue weighted by atomic mass is 16.5. The number of nitrogens with zero attached hydrogens (tertiary/aromatic N) is 1. The number of carbonyl (C=O) groups is 1. The van der Waals surface area contributed by atoms with E-state index in [4.69, 9.17) is 4.74 Å². The maximum Gasteiger partial charge on any atom is 0.262 e. The minimum absolute atomic E-state index is 0.0590. The predicted molar refractivity (Wildman–Crippen MR) is 43.1 cm³/mol. The Morgan fingerprint density at radius 3 is 3.33 bits per heavy atom. The highest BCUT2D eigenvalue weighted by molar-refractivity contribution is 5.95. The van der Waals surface area contributed by atoms with Crippen molar-refractivity contribution in [3.63, 3.8) is 0 Å². The van der Waals surface area contributed by atoms with Crippen LogP contribution in [0, 0.1) is 6.92 Å². The number of ether oxygens (including phenoxy) is 1. The van der Waals surface area contributed by atoms with Gasteiger partial charge in [-0.25, -0.2) is 4.98 Å². The van der Waals surface area contributed by atoms with Crippen molar-refractivity contribution in [3.05, 3.63) is 17.8 Å². The average Bonchev–Trinajstić information content (AvgIpc) is 2.07. The van der Waals surface area contributed by atoms with Gasteiger partial charge in [0.25, 0.3) is 5.91 Å². The summed E-state index contributed by atoms with van der Waals surface area (Å²) in [6.45, 7) is 1.96. The Kier molecular flexibility index (Phi) is 1.46. The molecule has 1 aromatic rings. The molecule has 0 unspecified atom stereocenters. The van der Waals surface area contributed by atoms with Crippen LogP contribution in [0.1, 0.15) is 5.56 Å². The Morgan fingerprint density at radius 2 is 2.50 bits per heavy atom. The summed E-state index contributed by atoms with van der Waals surface area (Å²) in [7, 11) is 0. The Labute approximate surface area is 69.6 Å². The first kappa shape index (κ1) is 7.09. The topological polar surface area (TPSA) is 51.2 Å². The summed E-state index contributed by atoms with van der Waals surface area (Å²) in [4.78, 5) is 14.9. The van der Waals surface area contributed by atoms with E-state index in [1.807, 2.05) is 13.0 Å². The number of aromatic nitrogens is 1. The number of hydrogen-bond acceptors (Lipinski definition) is 3. The third kappa shape index (κ3) is 1.01. The molecule has 0 saturated heterocycles. The van der Waals surface area contributed by atoms with Gasteiger partial charge in [-0.1, -0.05) is 0 Å². The first-order valence-electron chi connectivity index (χ1n) is 3.65. The third-order valence-electron chi connectivity index (χ3n) is 1.73. The smallest absolute Gasteiger partial charge is 0.262 e. The molecule has 0 atom stereocenters. The summed E-state index contributed by atoms with van der Waals surface area (Å²) in [6, 6.07) is 1.83. The molecule has 0 radical (unpaired) electrons. The van der Waals surface area contributed by atoms with Crippen LogP contribution in [0.4, 0.5) is 5.69 Å². The van der Waals surface area contributed by atoms with E-state index in [1.165, 1.54) is 0 Å². The lowest BCUT2D eigenvalue weighted by atomic mass is 10.2. The lowest BCUT2D eigenvalue weighted by Gasteiger charge is -2.17. The molecule has 12 heavy (non-hydrogen) atoms. The molecule has 0 spiro atoms. The Bertz CT molecular complexity index is 336. The highest BCUT2D eigenvalue weighted by Gasteiger charge is 2.17. The molecule has 1 aliphatic rings. The number of hydrogen-bond donors (Lipinski definition) is 1. The van der Waals surface area contributed by atoms with Crippen molar-refractivity contribution >= 4 is 11.6 Å². The molecule has 1 aromatic heterocycles. The first-order valence-corrected chi connectivity index (χ1v) is 3.65. The van der Waals surface area contributed by atoms with Crippen molar-refractivity contribution in [2.24, 2.45) is 0 Å². The molecule has 0 saturated carbocycles. The number of rotatable bonds is 0. The van der Waals surface area contributed by atoms with Gasteiger partial charge in [-0.05, 0) is 18.6 Å².